The van der Waals surface area contributed by atoms with E-state index in [2.05, 4.69) is 38.8 Å². The van der Waals surface area contributed by atoms with Crippen LogP contribution in [0, 0.1) is 13.8 Å². The Bertz CT molecular complexity index is 1380. The molecule has 3 heterocycles. The topological polar surface area (TPSA) is 97.1 Å². The quantitative estimate of drug-likeness (QED) is 0.509. The molecule has 1 amide bonds. The second-order valence-electron chi connectivity index (χ2n) is 8.47. The monoisotopic (exact) mass is 430 g/mol. The number of carbonyl (C=O) groups is 1. The molecule has 1 aliphatic carbocycles. The molecule has 5 rings (SSSR count). The second kappa shape index (κ2) is 8.11. The lowest BCUT2D eigenvalue weighted by atomic mass is 9.96. The van der Waals surface area contributed by atoms with Gasteiger partial charge in [0.15, 0.2) is 5.69 Å². The third-order valence-corrected chi connectivity index (χ3v) is 6.18. The minimum absolute atomic E-state index is 0.136. The van der Waals surface area contributed by atoms with Gasteiger partial charge < -0.3 is 9.88 Å². The Labute approximate surface area is 185 Å². The van der Waals surface area contributed by atoms with E-state index in [1.807, 2.05) is 19.9 Å². The van der Waals surface area contributed by atoms with Gasteiger partial charge in [-0.25, -0.2) is 4.52 Å². The molecular weight excluding hydrogens is 404 g/mol. The number of aromatic amines is 1. The molecule has 1 aliphatic rings. The van der Waals surface area contributed by atoms with Crippen LogP contribution in [-0.2, 0) is 19.4 Å². The summed E-state index contributed by atoms with van der Waals surface area (Å²) in [5.74, 6) is -0.194. The van der Waals surface area contributed by atoms with E-state index in [0.29, 0.717) is 24.3 Å². The standard InChI is InChI=1S/C24H26N6O2/c1-15-7-8-16(2)18(13-15)20-14-21-24(32)29(11-12-30(21)28-20)10-9-25-23(31)22-17-5-3-4-6-19(17)26-27-22/h7-8,11-14H,3-6,9-10H2,1-2H3,(H,25,31)(H,26,27). The predicted octanol–water partition coefficient (Wildman–Crippen LogP) is 2.81. The van der Waals surface area contributed by atoms with Crippen molar-refractivity contribution in [2.75, 3.05) is 6.54 Å². The molecule has 0 unspecified atom stereocenters. The lowest BCUT2D eigenvalue weighted by molar-refractivity contribution is 0.0946. The molecule has 8 nitrogen and oxygen atoms in total. The van der Waals surface area contributed by atoms with E-state index in [1.54, 1.807) is 21.5 Å². The molecule has 2 N–H and O–H groups in total. The summed E-state index contributed by atoms with van der Waals surface area (Å²) in [6, 6.07) is 8.04. The Kier molecular flexibility index (Phi) is 5.13. The van der Waals surface area contributed by atoms with Gasteiger partial charge in [-0.15, -0.1) is 0 Å². The molecule has 4 aromatic rings. The number of amides is 1. The van der Waals surface area contributed by atoms with Crippen molar-refractivity contribution in [1.82, 2.24) is 29.7 Å². The van der Waals surface area contributed by atoms with E-state index < -0.39 is 0 Å². The Hall–Kier alpha value is -3.68. The van der Waals surface area contributed by atoms with Crippen molar-refractivity contribution in [2.24, 2.45) is 0 Å². The first-order valence-electron chi connectivity index (χ1n) is 11.0. The second-order valence-corrected chi connectivity index (χ2v) is 8.47. The van der Waals surface area contributed by atoms with Crippen molar-refractivity contribution in [3.8, 4) is 11.3 Å². The number of aromatic nitrogens is 5. The summed E-state index contributed by atoms with van der Waals surface area (Å²) in [5, 5.41) is 14.7. The van der Waals surface area contributed by atoms with Gasteiger partial charge in [0.05, 0.1) is 5.69 Å². The maximum atomic E-state index is 13.0. The van der Waals surface area contributed by atoms with Crippen LogP contribution in [0.15, 0.2) is 41.5 Å². The van der Waals surface area contributed by atoms with Crippen LogP contribution in [-0.4, -0.2) is 36.8 Å². The number of carbonyl (C=O) groups excluding carboxylic acids is 1. The molecule has 8 heteroatoms. The van der Waals surface area contributed by atoms with Crippen LogP contribution in [0.3, 0.4) is 0 Å². The number of hydrogen-bond donors (Lipinski definition) is 2. The van der Waals surface area contributed by atoms with E-state index in [4.69, 9.17) is 0 Å². The van der Waals surface area contributed by atoms with Gasteiger partial charge in [0, 0.05) is 42.3 Å². The summed E-state index contributed by atoms with van der Waals surface area (Å²) < 4.78 is 3.22. The molecule has 0 spiro atoms. The Morgan fingerprint density at radius 3 is 2.88 bits per heavy atom. The third-order valence-electron chi connectivity index (χ3n) is 6.18. The van der Waals surface area contributed by atoms with Crippen LogP contribution < -0.4 is 10.9 Å². The van der Waals surface area contributed by atoms with E-state index in [1.165, 1.54) is 0 Å². The lowest BCUT2D eigenvalue weighted by Crippen LogP contribution is -2.31. The van der Waals surface area contributed by atoms with Crippen LogP contribution in [0.25, 0.3) is 16.8 Å². The van der Waals surface area contributed by atoms with Crippen molar-refractivity contribution in [1.29, 1.82) is 0 Å². The number of benzene rings is 1. The number of aryl methyl sites for hydroxylation is 3. The molecule has 0 aliphatic heterocycles. The van der Waals surface area contributed by atoms with Crippen LogP contribution >= 0.6 is 0 Å². The SMILES string of the molecule is Cc1ccc(C)c(-c2cc3c(=O)n(CCNC(=O)c4n[nH]c5c4CCCC5)ccn3n2)c1. The fourth-order valence-corrected chi connectivity index (χ4v) is 4.39. The van der Waals surface area contributed by atoms with E-state index >= 15 is 0 Å². The average Bonchev–Trinajstić information content (AvgIpc) is 3.42. The number of nitrogens with one attached hydrogen (secondary N) is 2. The summed E-state index contributed by atoms with van der Waals surface area (Å²) in [6.45, 7) is 4.79. The summed E-state index contributed by atoms with van der Waals surface area (Å²) in [5.41, 5.74) is 7.02. The van der Waals surface area contributed by atoms with Gasteiger partial charge in [-0.1, -0.05) is 17.7 Å². The first-order valence-corrected chi connectivity index (χ1v) is 11.0. The number of fused-ring (bicyclic) bond motifs is 2. The van der Waals surface area contributed by atoms with E-state index in [9.17, 15) is 9.59 Å². The van der Waals surface area contributed by atoms with Crippen LogP contribution in [0.5, 0.6) is 0 Å². The van der Waals surface area contributed by atoms with Crippen molar-refractivity contribution < 1.29 is 4.79 Å². The highest BCUT2D eigenvalue weighted by Crippen LogP contribution is 2.24. The van der Waals surface area contributed by atoms with Crippen molar-refractivity contribution >= 4 is 11.4 Å². The Morgan fingerprint density at radius 1 is 1.16 bits per heavy atom. The summed E-state index contributed by atoms with van der Waals surface area (Å²) >= 11 is 0. The molecule has 32 heavy (non-hydrogen) atoms. The molecule has 1 aromatic carbocycles. The summed E-state index contributed by atoms with van der Waals surface area (Å²) in [6.07, 6.45) is 7.52. The van der Waals surface area contributed by atoms with Gasteiger partial charge >= 0.3 is 0 Å². The van der Waals surface area contributed by atoms with Gasteiger partial charge in [-0.3, -0.25) is 14.7 Å². The molecule has 0 radical (unpaired) electrons. The van der Waals surface area contributed by atoms with E-state index in [-0.39, 0.29) is 11.5 Å². The van der Waals surface area contributed by atoms with Crippen LogP contribution in [0.2, 0.25) is 0 Å². The average molecular weight is 431 g/mol. The zero-order valence-corrected chi connectivity index (χ0v) is 18.3. The van der Waals surface area contributed by atoms with Gasteiger partial charge in [-0.05, 0) is 57.2 Å². The first kappa shape index (κ1) is 20.2. The van der Waals surface area contributed by atoms with Gasteiger partial charge in [0.25, 0.3) is 11.5 Å². The van der Waals surface area contributed by atoms with Crippen molar-refractivity contribution in [3.63, 3.8) is 0 Å². The van der Waals surface area contributed by atoms with Crippen molar-refractivity contribution in [2.45, 2.75) is 46.1 Å². The molecular formula is C24H26N6O2. The molecule has 164 valence electrons. The normalized spacial score (nSPS) is 13.3. The van der Waals surface area contributed by atoms with Crippen LogP contribution in [0.4, 0.5) is 0 Å². The number of H-pyrrole nitrogens is 1. The minimum Gasteiger partial charge on any atom is -0.349 e. The number of nitrogens with zero attached hydrogens (tertiary/aromatic N) is 4. The highest BCUT2D eigenvalue weighted by atomic mass is 16.2. The Balaban J connectivity index is 1.32. The predicted molar refractivity (Wildman–Crippen MR) is 122 cm³/mol. The minimum atomic E-state index is -0.194. The fraction of sp³-hybridized carbons (Fsp3) is 0.333. The molecule has 0 fully saturated rings. The first-order chi connectivity index (χ1) is 15.5. The largest absolute Gasteiger partial charge is 0.349 e. The Morgan fingerprint density at radius 2 is 2.00 bits per heavy atom. The van der Waals surface area contributed by atoms with Gasteiger partial charge in [0.1, 0.15) is 5.52 Å². The molecule has 3 aromatic heterocycles. The maximum absolute atomic E-state index is 13.0. The highest BCUT2D eigenvalue weighted by Gasteiger charge is 2.21. The smallest absolute Gasteiger partial charge is 0.276 e. The molecule has 0 saturated carbocycles. The number of hydrogen-bond acceptors (Lipinski definition) is 4. The third kappa shape index (κ3) is 3.62. The summed E-state index contributed by atoms with van der Waals surface area (Å²) in [7, 11) is 0. The molecule has 0 bridgehead atoms. The van der Waals surface area contributed by atoms with Gasteiger partial charge in [-0.2, -0.15) is 10.2 Å². The lowest BCUT2D eigenvalue weighted by Gasteiger charge is -2.11. The zero-order chi connectivity index (χ0) is 22.2. The van der Waals surface area contributed by atoms with Gasteiger partial charge in [0.2, 0.25) is 0 Å². The van der Waals surface area contributed by atoms with E-state index in [0.717, 1.165) is 59.3 Å². The van der Waals surface area contributed by atoms with Crippen molar-refractivity contribution in [3.05, 3.63) is 75.1 Å². The zero-order valence-electron chi connectivity index (χ0n) is 18.3. The maximum Gasteiger partial charge on any atom is 0.276 e. The molecule has 0 saturated heterocycles. The molecule has 0 atom stereocenters. The highest BCUT2D eigenvalue weighted by molar-refractivity contribution is 5.94. The fourth-order valence-electron chi connectivity index (χ4n) is 4.39. The number of rotatable bonds is 5. The summed E-state index contributed by atoms with van der Waals surface area (Å²) in [4.78, 5) is 25.6. The van der Waals surface area contributed by atoms with Crippen LogP contribution in [0.1, 0.15) is 45.7 Å².